The van der Waals surface area contributed by atoms with E-state index in [0.29, 0.717) is 22.4 Å². The molecule has 0 aliphatic rings. The number of nitrogens with two attached hydrogens (primary N) is 1. The summed E-state index contributed by atoms with van der Waals surface area (Å²) in [6.45, 7) is 0. The molecule has 2 aromatic carbocycles. The van der Waals surface area contributed by atoms with E-state index in [-0.39, 0.29) is 5.76 Å². The molecule has 0 unspecified atom stereocenters. The first-order chi connectivity index (χ1) is 10.6. The number of fused-ring (bicyclic) bond motifs is 2. The Balaban J connectivity index is 1.94. The molecule has 0 spiro atoms. The van der Waals surface area contributed by atoms with Crippen LogP contribution in [0.5, 0.6) is 0 Å². The van der Waals surface area contributed by atoms with Crippen LogP contribution in [-0.4, -0.2) is 10.5 Å². The van der Waals surface area contributed by atoms with Gasteiger partial charge < -0.3 is 14.6 Å². The minimum absolute atomic E-state index is 0.0634. The maximum atomic E-state index is 12.6. The van der Waals surface area contributed by atoms with Gasteiger partial charge in [0.2, 0.25) is 0 Å². The van der Waals surface area contributed by atoms with Crippen molar-refractivity contribution in [3.05, 3.63) is 64.8 Å². The van der Waals surface area contributed by atoms with E-state index in [2.05, 4.69) is 0 Å². The smallest absolute Gasteiger partial charge is 0.427 e. The van der Waals surface area contributed by atoms with Crippen molar-refractivity contribution in [1.29, 1.82) is 0 Å². The molecule has 0 amide bonds. The van der Waals surface area contributed by atoms with Crippen LogP contribution in [0.3, 0.4) is 0 Å². The molecule has 0 aliphatic carbocycles. The monoisotopic (exact) mass is 294 g/mol. The third kappa shape index (κ3) is 1.74. The Kier molecular flexibility index (Phi) is 2.47. The molecule has 0 radical (unpaired) electrons. The van der Waals surface area contributed by atoms with Gasteiger partial charge in [-0.05, 0) is 30.3 Å². The van der Waals surface area contributed by atoms with E-state index in [9.17, 15) is 9.59 Å². The van der Waals surface area contributed by atoms with Crippen LogP contribution in [0.25, 0.3) is 22.1 Å². The molecule has 6 nitrogen and oxygen atoms in total. The molecule has 2 N–H and O–H groups in total. The van der Waals surface area contributed by atoms with Gasteiger partial charge in [0.25, 0.3) is 0 Å². The van der Waals surface area contributed by atoms with Crippen molar-refractivity contribution in [2.75, 3.05) is 5.73 Å². The number of carbonyl (C=O) groups is 1. The Morgan fingerprint density at radius 1 is 1.00 bits per heavy atom. The van der Waals surface area contributed by atoms with Gasteiger partial charge in [0.15, 0.2) is 11.3 Å². The fourth-order valence-corrected chi connectivity index (χ4v) is 2.42. The third-order valence-corrected chi connectivity index (χ3v) is 3.44. The predicted molar refractivity (Wildman–Crippen MR) is 80.8 cm³/mol. The van der Waals surface area contributed by atoms with Gasteiger partial charge in [-0.2, -0.15) is 0 Å². The highest BCUT2D eigenvalue weighted by Gasteiger charge is 2.21. The molecule has 0 saturated heterocycles. The van der Waals surface area contributed by atoms with Gasteiger partial charge in [-0.25, -0.2) is 9.36 Å². The highest BCUT2D eigenvalue weighted by molar-refractivity contribution is 6.01. The molecule has 6 heteroatoms. The van der Waals surface area contributed by atoms with Crippen molar-refractivity contribution in [1.82, 2.24) is 4.57 Å². The molecular weight excluding hydrogens is 284 g/mol. The zero-order valence-electron chi connectivity index (χ0n) is 11.3. The fourth-order valence-electron chi connectivity index (χ4n) is 2.42. The summed E-state index contributed by atoms with van der Waals surface area (Å²) in [7, 11) is 0. The van der Waals surface area contributed by atoms with Gasteiger partial charge in [-0.3, -0.25) is 4.79 Å². The normalized spacial score (nSPS) is 11.3. The molecule has 0 bridgehead atoms. The maximum absolute atomic E-state index is 12.6. The molecule has 4 aromatic rings. The molecule has 4 rings (SSSR count). The number of anilines is 1. The summed E-state index contributed by atoms with van der Waals surface area (Å²) in [6.07, 6.45) is 0. The SMILES string of the molecule is Nc1ccc2oc(=O)n(C(=O)c3cc4ccccc4o3)c2c1. The minimum Gasteiger partial charge on any atom is -0.451 e. The number of nitrogen functional groups attached to an aromatic ring is 1. The minimum atomic E-state index is -0.772. The second-order valence-electron chi connectivity index (χ2n) is 4.88. The lowest BCUT2D eigenvalue weighted by Gasteiger charge is -1.98. The van der Waals surface area contributed by atoms with E-state index in [1.54, 1.807) is 30.3 Å². The number of carbonyl (C=O) groups excluding carboxylic acids is 1. The molecular formula is C16H10N2O4. The van der Waals surface area contributed by atoms with E-state index >= 15 is 0 Å². The highest BCUT2D eigenvalue weighted by atomic mass is 16.4. The van der Waals surface area contributed by atoms with E-state index in [1.165, 1.54) is 6.07 Å². The summed E-state index contributed by atoms with van der Waals surface area (Å²) in [5.41, 5.74) is 7.33. The molecule has 2 heterocycles. The first-order valence-electron chi connectivity index (χ1n) is 6.58. The van der Waals surface area contributed by atoms with Crippen LogP contribution in [0.15, 0.2) is 62.2 Å². The number of hydrogen-bond donors (Lipinski definition) is 1. The van der Waals surface area contributed by atoms with E-state index < -0.39 is 11.7 Å². The number of oxazole rings is 1. The van der Waals surface area contributed by atoms with Crippen molar-refractivity contribution in [3.8, 4) is 0 Å². The van der Waals surface area contributed by atoms with Crippen LogP contribution in [-0.2, 0) is 0 Å². The Hall–Kier alpha value is -3.28. The first-order valence-corrected chi connectivity index (χ1v) is 6.58. The summed E-state index contributed by atoms with van der Waals surface area (Å²) in [4.78, 5) is 24.6. The number of rotatable bonds is 1. The molecule has 0 fully saturated rings. The fraction of sp³-hybridized carbons (Fsp3) is 0. The number of hydrogen-bond acceptors (Lipinski definition) is 5. The van der Waals surface area contributed by atoms with Gasteiger partial charge >= 0.3 is 11.7 Å². The summed E-state index contributed by atoms with van der Waals surface area (Å²) < 4.78 is 11.5. The Morgan fingerprint density at radius 3 is 2.64 bits per heavy atom. The highest BCUT2D eigenvalue weighted by Crippen LogP contribution is 2.22. The molecule has 108 valence electrons. The van der Waals surface area contributed by atoms with Crippen molar-refractivity contribution in [2.24, 2.45) is 0 Å². The van der Waals surface area contributed by atoms with Crippen LogP contribution in [0.2, 0.25) is 0 Å². The van der Waals surface area contributed by atoms with Crippen LogP contribution in [0.1, 0.15) is 10.6 Å². The zero-order valence-corrected chi connectivity index (χ0v) is 11.3. The Bertz CT molecular complexity index is 1050. The topological polar surface area (TPSA) is 91.4 Å². The lowest BCUT2D eigenvalue weighted by Crippen LogP contribution is -2.22. The Labute approximate surface area is 123 Å². The average molecular weight is 294 g/mol. The van der Waals surface area contributed by atoms with Gasteiger partial charge in [0.05, 0.1) is 0 Å². The third-order valence-electron chi connectivity index (χ3n) is 3.44. The standard InChI is InChI=1S/C16H10N2O4/c17-10-5-6-13-11(8-10)18(16(20)22-13)15(19)14-7-9-3-1-2-4-12(9)21-14/h1-8H,17H2. The number of furan rings is 1. The number of para-hydroxylation sites is 1. The molecule has 0 saturated carbocycles. The van der Waals surface area contributed by atoms with Gasteiger partial charge in [0, 0.05) is 11.1 Å². The summed E-state index contributed by atoms with van der Waals surface area (Å²) in [6, 6.07) is 13.5. The maximum Gasteiger partial charge on any atom is 0.427 e. The van der Waals surface area contributed by atoms with Crippen molar-refractivity contribution in [2.45, 2.75) is 0 Å². The largest absolute Gasteiger partial charge is 0.451 e. The second-order valence-corrected chi connectivity index (χ2v) is 4.88. The van der Waals surface area contributed by atoms with E-state index in [1.807, 2.05) is 12.1 Å². The Morgan fingerprint density at radius 2 is 1.82 bits per heavy atom. The second kappa shape index (κ2) is 4.36. The van der Waals surface area contributed by atoms with Gasteiger partial charge in [0.1, 0.15) is 11.1 Å². The number of nitrogens with zero attached hydrogens (tertiary/aromatic N) is 1. The van der Waals surface area contributed by atoms with Crippen molar-refractivity contribution >= 4 is 33.7 Å². The van der Waals surface area contributed by atoms with Crippen LogP contribution in [0, 0.1) is 0 Å². The molecule has 0 atom stereocenters. The van der Waals surface area contributed by atoms with Gasteiger partial charge in [-0.15, -0.1) is 0 Å². The predicted octanol–water partition coefficient (Wildman–Crippen LogP) is 2.61. The quantitative estimate of drug-likeness (QED) is 0.545. The lowest BCUT2D eigenvalue weighted by atomic mass is 10.2. The van der Waals surface area contributed by atoms with Crippen LogP contribution in [0.4, 0.5) is 5.69 Å². The van der Waals surface area contributed by atoms with Crippen molar-refractivity contribution in [3.63, 3.8) is 0 Å². The zero-order chi connectivity index (χ0) is 15.3. The molecule has 22 heavy (non-hydrogen) atoms. The summed E-state index contributed by atoms with van der Waals surface area (Å²) >= 11 is 0. The number of aromatic nitrogens is 1. The van der Waals surface area contributed by atoms with E-state index in [4.69, 9.17) is 14.6 Å². The van der Waals surface area contributed by atoms with E-state index in [0.717, 1.165) is 9.95 Å². The van der Waals surface area contributed by atoms with Gasteiger partial charge in [-0.1, -0.05) is 18.2 Å². The molecule has 0 aliphatic heterocycles. The van der Waals surface area contributed by atoms with Crippen LogP contribution < -0.4 is 11.5 Å². The average Bonchev–Trinajstić information content (AvgIpc) is 3.06. The van der Waals surface area contributed by atoms with Crippen molar-refractivity contribution < 1.29 is 13.6 Å². The molecule has 2 aromatic heterocycles. The summed E-state index contributed by atoms with van der Waals surface area (Å²) in [5.74, 6) is -1.30. The number of benzene rings is 2. The summed E-state index contributed by atoms with van der Waals surface area (Å²) in [5, 5.41) is 0.784. The first kappa shape index (κ1) is 12.5. The lowest BCUT2D eigenvalue weighted by molar-refractivity contribution is 0.0931. The van der Waals surface area contributed by atoms with Crippen LogP contribution >= 0.6 is 0 Å².